The number of hydrogen-bond donors (Lipinski definition) is 0. The second-order valence-electron chi connectivity index (χ2n) is 5.02. The number of rotatable bonds is 4. The fraction of sp³-hybridized carbons (Fsp3) is 0.125. The van der Waals surface area contributed by atoms with Gasteiger partial charge in [-0.15, -0.1) is 0 Å². The quantitative estimate of drug-likeness (QED) is 0.736. The molecule has 2 aromatic heterocycles. The molecular weight excluding hydrogens is 314 g/mol. The van der Waals surface area contributed by atoms with Crippen molar-refractivity contribution < 1.29 is 13.2 Å². The minimum absolute atomic E-state index is 0.183. The molecule has 1 aromatic carbocycles. The summed E-state index contributed by atoms with van der Waals surface area (Å²) in [4.78, 5) is 8.37. The van der Waals surface area contributed by atoms with Crippen LogP contribution in [-0.4, -0.2) is 29.5 Å². The Bertz CT molecular complexity index is 992. The largest absolute Gasteiger partial charge is 0.480 e. The van der Waals surface area contributed by atoms with Gasteiger partial charge in [0.1, 0.15) is 6.33 Å². The number of methoxy groups -OCH3 is 1. The summed E-state index contributed by atoms with van der Waals surface area (Å²) in [5, 5.41) is 0.530. The molecule has 0 spiro atoms. The number of fused-ring (bicyclic) bond motifs is 1. The standard InChI is InChI=1S/C16H15N3O3S/c1-11(2)13-9-19(15-14(13)16(22-3)18-10-17-15)23(20,21)12-7-5-4-6-8-12/h4-10H,1H2,2-3H3. The van der Waals surface area contributed by atoms with Crippen LogP contribution in [0.1, 0.15) is 12.5 Å². The Morgan fingerprint density at radius 1 is 1.22 bits per heavy atom. The summed E-state index contributed by atoms with van der Waals surface area (Å²) in [6.07, 6.45) is 2.78. The van der Waals surface area contributed by atoms with E-state index in [1.165, 1.54) is 19.6 Å². The molecule has 0 aliphatic rings. The third kappa shape index (κ3) is 2.39. The molecule has 0 fully saturated rings. The fourth-order valence-corrected chi connectivity index (χ4v) is 3.71. The predicted octanol–water partition coefficient (Wildman–Crippen LogP) is 2.71. The lowest BCUT2D eigenvalue weighted by Gasteiger charge is -2.07. The van der Waals surface area contributed by atoms with Crippen LogP contribution in [-0.2, 0) is 10.0 Å². The Balaban J connectivity index is 2.38. The molecule has 0 atom stereocenters. The van der Waals surface area contributed by atoms with Gasteiger partial charge < -0.3 is 4.74 Å². The molecule has 0 aliphatic heterocycles. The Morgan fingerprint density at radius 2 is 1.91 bits per heavy atom. The number of aromatic nitrogens is 3. The molecule has 0 unspecified atom stereocenters. The van der Waals surface area contributed by atoms with E-state index >= 15 is 0 Å². The molecule has 3 aromatic rings. The maximum Gasteiger partial charge on any atom is 0.269 e. The van der Waals surface area contributed by atoms with Crippen LogP contribution in [0.15, 0.2) is 54.3 Å². The maximum absolute atomic E-state index is 12.9. The molecule has 0 amide bonds. The van der Waals surface area contributed by atoms with Gasteiger partial charge in [-0.1, -0.05) is 24.8 Å². The fourth-order valence-electron chi connectivity index (χ4n) is 2.37. The third-order valence-electron chi connectivity index (χ3n) is 3.47. The zero-order chi connectivity index (χ0) is 16.6. The zero-order valence-corrected chi connectivity index (χ0v) is 13.5. The number of allylic oxidation sites excluding steroid dienone is 1. The average molecular weight is 329 g/mol. The van der Waals surface area contributed by atoms with Crippen molar-refractivity contribution in [1.29, 1.82) is 0 Å². The third-order valence-corrected chi connectivity index (χ3v) is 5.13. The summed E-state index contributed by atoms with van der Waals surface area (Å²) < 4.78 is 32.2. The monoisotopic (exact) mass is 329 g/mol. The predicted molar refractivity (Wildman–Crippen MR) is 87.8 cm³/mol. The number of benzene rings is 1. The van der Waals surface area contributed by atoms with E-state index in [1.807, 2.05) is 0 Å². The van der Waals surface area contributed by atoms with Gasteiger partial charge in [0.2, 0.25) is 5.88 Å². The highest BCUT2D eigenvalue weighted by atomic mass is 32.2. The molecule has 7 heteroatoms. The van der Waals surface area contributed by atoms with Crippen LogP contribution in [0.3, 0.4) is 0 Å². The Hall–Kier alpha value is -2.67. The van der Waals surface area contributed by atoms with Crippen molar-refractivity contribution in [3.63, 3.8) is 0 Å². The van der Waals surface area contributed by atoms with Crippen molar-refractivity contribution in [2.45, 2.75) is 11.8 Å². The van der Waals surface area contributed by atoms with Crippen molar-refractivity contribution in [3.05, 3.63) is 55.0 Å². The van der Waals surface area contributed by atoms with Gasteiger partial charge in [-0.25, -0.2) is 22.4 Å². The highest BCUT2D eigenvalue weighted by Gasteiger charge is 2.24. The second-order valence-corrected chi connectivity index (χ2v) is 6.83. The first-order valence-corrected chi connectivity index (χ1v) is 8.27. The topological polar surface area (TPSA) is 74.1 Å². The van der Waals surface area contributed by atoms with Gasteiger partial charge in [-0.05, 0) is 24.6 Å². The van der Waals surface area contributed by atoms with E-state index < -0.39 is 10.0 Å². The molecule has 118 valence electrons. The molecule has 3 rings (SSSR count). The SMILES string of the molecule is C=C(C)c1cn(S(=O)(=O)c2ccccc2)c2ncnc(OC)c12. The van der Waals surface area contributed by atoms with E-state index in [1.54, 1.807) is 37.3 Å². The zero-order valence-electron chi connectivity index (χ0n) is 12.7. The first-order chi connectivity index (χ1) is 11.0. The van der Waals surface area contributed by atoms with Gasteiger partial charge >= 0.3 is 0 Å². The number of hydrogen-bond acceptors (Lipinski definition) is 5. The van der Waals surface area contributed by atoms with Crippen molar-refractivity contribution >= 4 is 26.6 Å². The van der Waals surface area contributed by atoms with E-state index in [2.05, 4.69) is 16.5 Å². The van der Waals surface area contributed by atoms with E-state index in [0.29, 0.717) is 22.4 Å². The summed E-state index contributed by atoms with van der Waals surface area (Å²) in [6, 6.07) is 8.19. The van der Waals surface area contributed by atoms with Crippen molar-refractivity contribution in [2.24, 2.45) is 0 Å². The number of ether oxygens (including phenoxy) is 1. The van der Waals surface area contributed by atoms with Crippen LogP contribution in [0, 0.1) is 0 Å². The molecule has 0 radical (unpaired) electrons. The highest BCUT2D eigenvalue weighted by molar-refractivity contribution is 7.90. The highest BCUT2D eigenvalue weighted by Crippen LogP contribution is 2.33. The molecule has 0 bridgehead atoms. The van der Waals surface area contributed by atoms with Crippen LogP contribution < -0.4 is 4.74 Å². The Kier molecular flexibility index (Phi) is 3.65. The summed E-state index contributed by atoms with van der Waals surface area (Å²) in [5.41, 5.74) is 1.60. The van der Waals surface area contributed by atoms with Crippen molar-refractivity contribution in [1.82, 2.24) is 13.9 Å². The molecule has 0 aliphatic carbocycles. The van der Waals surface area contributed by atoms with Crippen LogP contribution in [0.25, 0.3) is 16.6 Å². The summed E-state index contributed by atoms with van der Waals surface area (Å²) in [5.74, 6) is 0.315. The summed E-state index contributed by atoms with van der Waals surface area (Å²) >= 11 is 0. The number of nitrogens with zero attached hydrogens (tertiary/aromatic N) is 3. The van der Waals surface area contributed by atoms with Crippen LogP contribution in [0.2, 0.25) is 0 Å². The minimum atomic E-state index is -3.77. The Labute approximate surface area is 134 Å². The van der Waals surface area contributed by atoms with E-state index in [9.17, 15) is 8.42 Å². The van der Waals surface area contributed by atoms with Gasteiger partial charge in [0, 0.05) is 11.8 Å². The average Bonchev–Trinajstić information content (AvgIpc) is 2.96. The van der Waals surface area contributed by atoms with Crippen LogP contribution >= 0.6 is 0 Å². The molecule has 2 heterocycles. The van der Waals surface area contributed by atoms with Crippen LogP contribution in [0.5, 0.6) is 5.88 Å². The van der Waals surface area contributed by atoms with Gasteiger partial charge in [0.25, 0.3) is 10.0 Å². The lowest BCUT2D eigenvalue weighted by Crippen LogP contribution is -2.12. The summed E-state index contributed by atoms with van der Waals surface area (Å²) in [7, 11) is -2.29. The first kappa shape index (κ1) is 15.2. The summed E-state index contributed by atoms with van der Waals surface area (Å²) in [6.45, 7) is 5.69. The normalized spacial score (nSPS) is 11.6. The van der Waals surface area contributed by atoms with Crippen molar-refractivity contribution in [3.8, 4) is 5.88 Å². The van der Waals surface area contributed by atoms with Gasteiger partial charge in [-0.2, -0.15) is 0 Å². The van der Waals surface area contributed by atoms with E-state index in [0.717, 1.165) is 3.97 Å². The molecule has 23 heavy (non-hydrogen) atoms. The second kappa shape index (κ2) is 5.51. The molecule has 6 nitrogen and oxygen atoms in total. The first-order valence-electron chi connectivity index (χ1n) is 6.83. The molecular formula is C16H15N3O3S. The molecule has 0 saturated heterocycles. The van der Waals surface area contributed by atoms with Gasteiger partial charge in [-0.3, -0.25) is 0 Å². The van der Waals surface area contributed by atoms with Gasteiger partial charge in [0.05, 0.1) is 17.4 Å². The van der Waals surface area contributed by atoms with E-state index in [-0.39, 0.29) is 10.5 Å². The van der Waals surface area contributed by atoms with Crippen molar-refractivity contribution in [2.75, 3.05) is 7.11 Å². The smallest absolute Gasteiger partial charge is 0.269 e. The molecule has 0 N–H and O–H groups in total. The van der Waals surface area contributed by atoms with E-state index in [4.69, 9.17) is 4.74 Å². The lowest BCUT2D eigenvalue weighted by molar-refractivity contribution is 0.402. The van der Waals surface area contributed by atoms with Gasteiger partial charge in [0.15, 0.2) is 5.65 Å². The lowest BCUT2D eigenvalue weighted by atomic mass is 10.1. The molecule has 0 saturated carbocycles. The Morgan fingerprint density at radius 3 is 2.52 bits per heavy atom. The minimum Gasteiger partial charge on any atom is -0.480 e. The van der Waals surface area contributed by atoms with Crippen LogP contribution in [0.4, 0.5) is 0 Å². The maximum atomic E-state index is 12.9.